The average Bonchev–Trinajstić information content (AvgIpc) is 2.54. The van der Waals surface area contributed by atoms with Crippen molar-refractivity contribution in [2.75, 3.05) is 0 Å². The summed E-state index contributed by atoms with van der Waals surface area (Å²) in [5.74, 6) is 1.40. The first-order valence-electron chi connectivity index (χ1n) is 6.44. The van der Waals surface area contributed by atoms with Crippen LogP contribution >= 0.6 is 0 Å². The fraction of sp³-hybridized carbons (Fsp3) is 1.00. The molecule has 0 amide bonds. The lowest BCUT2D eigenvalue weighted by atomic mass is 9.43. The van der Waals surface area contributed by atoms with Crippen molar-refractivity contribution in [1.82, 2.24) is 0 Å². The van der Waals surface area contributed by atoms with Gasteiger partial charge in [-0.25, -0.2) is 0 Å². The van der Waals surface area contributed by atoms with Crippen molar-refractivity contribution in [3.63, 3.8) is 0 Å². The molecule has 0 radical (unpaired) electrons. The maximum Gasteiger partial charge on any atom is 0.475 e. The summed E-state index contributed by atoms with van der Waals surface area (Å²) < 4.78 is 12.1. The highest BCUT2D eigenvalue weighted by Crippen LogP contribution is 2.65. The van der Waals surface area contributed by atoms with E-state index in [1.54, 1.807) is 0 Å². The minimum Gasteiger partial charge on any atom is -0.404 e. The number of hydrogen-bond acceptors (Lipinski definition) is 3. The van der Waals surface area contributed by atoms with Crippen LogP contribution in [0.3, 0.4) is 0 Å². The molecule has 5 atom stereocenters. The highest BCUT2D eigenvalue weighted by atomic mass is 16.7. The van der Waals surface area contributed by atoms with Gasteiger partial charge in [0, 0.05) is 5.94 Å². The van der Waals surface area contributed by atoms with E-state index in [-0.39, 0.29) is 24.8 Å². The van der Waals surface area contributed by atoms with Crippen molar-refractivity contribution in [1.29, 1.82) is 0 Å². The molecule has 0 aromatic rings. The van der Waals surface area contributed by atoms with E-state index in [1.807, 2.05) is 6.92 Å². The summed E-state index contributed by atoms with van der Waals surface area (Å²) in [7, 11) is -0.204. The van der Waals surface area contributed by atoms with Crippen LogP contribution in [0.1, 0.15) is 40.5 Å². The summed E-state index contributed by atoms with van der Waals surface area (Å²) in [4.78, 5) is 0. The van der Waals surface area contributed by atoms with Crippen LogP contribution in [-0.2, 0) is 9.31 Å². The number of hydrogen-bond donors (Lipinski definition) is 1. The molecule has 1 heterocycles. The molecule has 90 valence electrons. The predicted molar refractivity (Wildman–Crippen MR) is 63.8 cm³/mol. The molecular weight excluding hydrogens is 201 g/mol. The second-order valence-electron chi connectivity index (χ2n) is 6.70. The normalized spacial score (nSPS) is 50.8. The molecular formula is C12H22BNO2. The number of rotatable bonds is 1. The van der Waals surface area contributed by atoms with Crippen LogP contribution in [0.15, 0.2) is 0 Å². The first-order valence-corrected chi connectivity index (χ1v) is 6.44. The van der Waals surface area contributed by atoms with E-state index < -0.39 is 0 Å². The summed E-state index contributed by atoms with van der Waals surface area (Å²) in [5, 5.41) is 0. The minimum absolute atomic E-state index is 0.0391. The van der Waals surface area contributed by atoms with Gasteiger partial charge >= 0.3 is 7.12 Å². The van der Waals surface area contributed by atoms with Crippen molar-refractivity contribution in [2.24, 2.45) is 23.0 Å². The largest absolute Gasteiger partial charge is 0.475 e. The molecule has 1 saturated heterocycles. The van der Waals surface area contributed by atoms with Gasteiger partial charge in [-0.05, 0) is 37.0 Å². The van der Waals surface area contributed by atoms with E-state index in [0.717, 1.165) is 12.3 Å². The van der Waals surface area contributed by atoms with Crippen molar-refractivity contribution < 1.29 is 9.31 Å². The van der Waals surface area contributed by atoms with Crippen molar-refractivity contribution in [3.8, 4) is 0 Å². The van der Waals surface area contributed by atoms with E-state index in [1.165, 1.54) is 6.42 Å². The maximum absolute atomic E-state index is 6.15. The first kappa shape index (κ1) is 11.1. The second kappa shape index (κ2) is 3.03. The van der Waals surface area contributed by atoms with Gasteiger partial charge in [0.05, 0.1) is 11.7 Å². The smallest absolute Gasteiger partial charge is 0.404 e. The van der Waals surface area contributed by atoms with Crippen LogP contribution < -0.4 is 5.73 Å². The van der Waals surface area contributed by atoms with Gasteiger partial charge in [-0.3, -0.25) is 0 Å². The maximum atomic E-state index is 6.15. The summed E-state index contributed by atoms with van der Waals surface area (Å²) in [5.41, 5.74) is 6.20. The molecule has 0 spiro atoms. The van der Waals surface area contributed by atoms with E-state index in [4.69, 9.17) is 15.0 Å². The Morgan fingerprint density at radius 2 is 2.00 bits per heavy atom. The Morgan fingerprint density at radius 1 is 1.31 bits per heavy atom. The highest BCUT2D eigenvalue weighted by Gasteiger charge is 2.68. The van der Waals surface area contributed by atoms with Crippen LogP contribution in [-0.4, -0.2) is 24.8 Å². The molecule has 1 aliphatic heterocycles. The monoisotopic (exact) mass is 223 g/mol. The zero-order chi connectivity index (χ0) is 11.7. The van der Waals surface area contributed by atoms with Crippen LogP contribution in [0.25, 0.3) is 0 Å². The zero-order valence-electron chi connectivity index (χ0n) is 10.7. The fourth-order valence-corrected chi connectivity index (χ4v) is 4.13. The summed E-state index contributed by atoms with van der Waals surface area (Å²) >= 11 is 0. The summed E-state index contributed by atoms with van der Waals surface area (Å²) in [6.45, 7) is 8.93. The van der Waals surface area contributed by atoms with Crippen LogP contribution in [0.2, 0.25) is 0 Å². The molecule has 4 heteroatoms. The molecule has 4 aliphatic rings. The van der Waals surface area contributed by atoms with Gasteiger partial charge in [0.25, 0.3) is 0 Å². The van der Waals surface area contributed by atoms with Crippen LogP contribution in [0.5, 0.6) is 0 Å². The Labute approximate surface area is 98.2 Å². The fourth-order valence-electron chi connectivity index (χ4n) is 4.13. The lowest BCUT2D eigenvalue weighted by Gasteiger charge is -2.64. The van der Waals surface area contributed by atoms with Gasteiger partial charge in [-0.15, -0.1) is 0 Å². The van der Waals surface area contributed by atoms with E-state index in [2.05, 4.69) is 20.8 Å². The summed E-state index contributed by atoms with van der Waals surface area (Å²) in [6, 6.07) is 0. The molecule has 3 nitrogen and oxygen atoms in total. The van der Waals surface area contributed by atoms with E-state index in [0.29, 0.717) is 11.3 Å². The molecule has 0 aromatic carbocycles. The van der Waals surface area contributed by atoms with E-state index >= 15 is 0 Å². The molecule has 3 aliphatic carbocycles. The lowest BCUT2D eigenvalue weighted by Crippen LogP contribution is -2.65. The highest BCUT2D eigenvalue weighted by molar-refractivity contribution is 6.47. The standard InChI is InChI=1S/C12H22BNO2/c1-7(14)13-15-10-6-8-5-9(11(8,2)3)12(10,4)16-13/h7-10H,5-6,14H2,1-4H3/t7-,8?,9?,10?,12-/m0/s1. The van der Waals surface area contributed by atoms with Gasteiger partial charge in [-0.2, -0.15) is 0 Å². The van der Waals surface area contributed by atoms with Gasteiger partial charge in [-0.1, -0.05) is 20.8 Å². The predicted octanol–water partition coefficient (Wildman–Crippen LogP) is 1.60. The molecule has 4 rings (SSSR count). The molecule has 4 fully saturated rings. The first-order chi connectivity index (χ1) is 7.35. The van der Waals surface area contributed by atoms with Crippen molar-refractivity contribution in [3.05, 3.63) is 0 Å². The molecule has 2 N–H and O–H groups in total. The third kappa shape index (κ3) is 1.16. The third-order valence-electron chi connectivity index (χ3n) is 5.40. The minimum atomic E-state index is -0.204. The van der Waals surface area contributed by atoms with Gasteiger partial charge in [0.15, 0.2) is 0 Å². The zero-order valence-corrected chi connectivity index (χ0v) is 10.7. The van der Waals surface area contributed by atoms with Gasteiger partial charge < -0.3 is 15.0 Å². The van der Waals surface area contributed by atoms with Crippen molar-refractivity contribution >= 4 is 7.12 Å². The third-order valence-corrected chi connectivity index (χ3v) is 5.40. The van der Waals surface area contributed by atoms with E-state index in [9.17, 15) is 0 Å². The van der Waals surface area contributed by atoms with Crippen LogP contribution in [0, 0.1) is 17.3 Å². The Hall–Kier alpha value is -0.0551. The van der Waals surface area contributed by atoms with Crippen molar-refractivity contribution in [2.45, 2.75) is 58.2 Å². The molecule has 3 saturated carbocycles. The molecule has 0 aromatic heterocycles. The Bertz CT molecular complexity index is 320. The molecule has 3 unspecified atom stereocenters. The van der Waals surface area contributed by atoms with Gasteiger partial charge in [0.2, 0.25) is 0 Å². The summed E-state index contributed by atoms with van der Waals surface area (Å²) in [6.07, 6.45) is 2.71. The number of nitrogens with two attached hydrogens (primary N) is 1. The average molecular weight is 223 g/mol. The lowest BCUT2D eigenvalue weighted by molar-refractivity contribution is -0.199. The SMILES string of the molecule is C[C@H](N)B1OC2CC3CC(C3(C)C)[C@]2(C)O1. The van der Waals surface area contributed by atoms with Crippen LogP contribution in [0.4, 0.5) is 0 Å². The Kier molecular flexibility index (Phi) is 2.10. The topological polar surface area (TPSA) is 44.5 Å². The quantitative estimate of drug-likeness (QED) is 0.686. The molecule has 2 bridgehead atoms. The Balaban J connectivity index is 1.87. The molecule has 16 heavy (non-hydrogen) atoms. The Morgan fingerprint density at radius 3 is 2.56 bits per heavy atom. The second-order valence-corrected chi connectivity index (χ2v) is 6.70. The van der Waals surface area contributed by atoms with Gasteiger partial charge in [0.1, 0.15) is 0 Å².